The van der Waals surface area contributed by atoms with Gasteiger partial charge in [0.1, 0.15) is 17.2 Å². The Bertz CT molecular complexity index is 1650. The summed E-state index contributed by atoms with van der Waals surface area (Å²) in [6.07, 6.45) is -7.31. The van der Waals surface area contributed by atoms with Crippen LogP contribution in [0.4, 0.5) is 43.8 Å². The number of nitrogens with zero attached hydrogens (tertiary/aromatic N) is 4. The molecule has 0 aliphatic carbocycles. The number of H-pyrrole nitrogens is 1. The Balaban J connectivity index is 0.000000644. The van der Waals surface area contributed by atoms with Gasteiger partial charge < -0.3 is 30.2 Å². The van der Waals surface area contributed by atoms with Crippen LogP contribution < -0.4 is 15.4 Å². The number of aromatic amines is 1. The lowest BCUT2D eigenvalue weighted by Crippen LogP contribution is -2.50. The summed E-state index contributed by atoms with van der Waals surface area (Å²) in [5.41, 5.74) is -0.512. The predicted molar refractivity (Wildman–Crippen MR) is 157 cm³/mol. The molecule has 260 valence electrons. The molecule has 1 aromatic carbocycles. The first-order valence-corrected chi connectivity index (χ1v) is 15.8. The number of sulfonamides is 1. The number of aliphatic carboxylic acids is 1. The van der Waals surface area contributed by atoms with Crippen LogP contribution in [0, 0.1) is 0 Å². The van der Waals surface area contributed by atoms with Gasteiger partial charge in [0.15, 0.2) is 0 Å². The normalized spacial score (nSPS) is 17.2. The van der Waals surface area contributed by atoms with Crippen LogP contribution in [0.25, 0.3) is 11.0 Å². The van der Waals surface area contributed by atoms with E-state index in [9.17, 15) is 34.8 Å². The van der Waals surface area contributed by atoms with Gasteiger partial charge in [-0.1, -0.05) is 0 Å². The summed E-state index contributed by atoms with van der Waals surface area (Å²) in [5, 5.41) is 12.8. The molecule has 0 unspecified atom stereocenters. The van der Waals surface area contributed by atoms with E-state index in [-0.39, 0.29) is 33.4 Å². The number of morpholine rings is 1. The number of anilines is 3. The number of carbonyl (C=O) groups is 1. The number of ether oxygens (including phenoxy) is 2. The Kier molecular flexibility index (Phi) is 11.1. The number of carboxylic acid groups (broad SMARTS) is 1. The number of alkyl halides is 6. The average Bonchev–Trinajstić information content (AvgIpc) is 3.47. The molecule has 2 saturated heterocycles. The third kappa shape index (κ3) is 8.54. The standard InChI is InChI=1S/C25H32F3N7O4S.C2HF3O2/c1-3-29-22-21-18(25(26,27)28)15-30-23(21)33-24(32-22)31-19-5-4-17(14-20(19)38-2)40(36,37)35-8-6-16(7-9-35)34-10-12-39-13-11-34;3-2(4,5)1(6)7/h4-5,14-16H,3,6-13H2,1-2H3,(H3,29,30,31,32,33);(H,6,7). The van der Waals surface area contributed by atoms with E-state index in [1.807, 2.05) is 0 Å². The van der Waals surface area contributed by atoms with Crippen molar-refractivity contribution in [2.24, 2.45) is 0 Å². The van der Waals surface area contributed by atoms with Gasteiger partial charge in [-0.2, -0.15) is 40.6 Å². The highest BCUT2D eigenvalue weighted by Crippen LogP contribution is 2.38. The van der Waals surface area contributed by atoms with E-state index in [2.05, 4.69) is 30.5 Å². The summed E-state index contributed by atoms with van der Waals surface area (Å²) in [6, 6.07) is 4.76. The van der Waals surface area contributed by atoms with Crippen molar-refractivity contribution in [1.82, 2.24) is 24.2 Å². The molecule has 13 nitrogen and oxygen atoms in total. The second-order valence-electron chi connectivity index (χ2n) is 10.4. The molecule has 20 heteroatoms. The number of benzene rings is 1. The van der Waals surface area contributed by atoms with Gasteiger partial charge in [0.2, 0.25) is 16.0 Å². The van der Waals surface area contributed by atoms with Crippen molar-refractivity contribution >= 4 is 44.5 Å². The van der Waals surface area contributed by atoms with Crippen molar-refractivity contribution in [2.75, 3.05) is 63.7 Å². The molecule has 0 amide bonds. The molecule has 2 fully saturated rings. The summed E-state index contributed by atoms with van der Waals surface area (Å²) in [7, 11) is -2.36. The van der Waals surface area contributed by atoms with Crippen molar-refractivity contribution in [3.05, 3.63) is 30.0 Å². The highest BCUT2D eigenvalue weighted by atomic mass is 32.2. The van der Waals surface area contributed by atoms with Crippen LogP contribution in [-0.2, 0) is 25.7 Å². The number of hydrogen-bond acceptors (Lipinski definition) is 10. The van der Waals surface area contributed by atoms with Crippen molar-refractivity contribution in [1.29, 1.82) is 0 Å². The summed E-state index contributed by atoms with van der Waals surface area (Å²) >= 11 is 0. The maximum Gasteiger partial charge on any atom is 0.490 e. The first kappa shape index (κ1) is 36.0. The van der Waals surface area contributed by atoms with E-state index in [0.29, 0.717) is 44.6 Å². The molecule has 0 atom stereocenters. The third-order valence-electron chi connectivity index (χ3n) is 7.47. The first-order chi connectivity index (χ1) is 22.1. The number of fused-ring (bicyclic) bond motifs is 1. The van der Waals surface area contributed by atoms with Gasteiger partial charge in [-0.15, -0.1) is 0 Å². The Morgan fingerprint density at radius 2 is 1.74 bits per heavy atom. The van der Waals surface area contributed by atoms with Crippen molar-refractivity contribution in [3.8, 4) is 5.75 Å². The SMILES string of the molecule is CCNc1nc(Nc2ccc(S(=O)(=O)N3CCC(N4CCOCC4)CC3)cc2OC)nc2[nH]cc(C(F)(F)F)c12.O=C(O)C(F)(F)F. The van der Waals surface area contributed by atoms with E-state index >= 15 is 0 Å². The smallest absolute Gasteiger partial charge is 0.490 e. The molecule has 0 bridgehead atoms. The second kappa shape index (κ2) is 14.5. The van der Waals surface area contributed by atoms with E-state index in [4.69, 9.17) is 19.4 Å². The van der Waals surface area contributed by atoms with Crippen LogP contribution in [-0.4, -0.2) is 109 Å². The zero-order valence-electron chi connectivity index (χ0n) is 25.2. The molecule has 4 N–H and O–H groups in total. The van der Waals surface area contributed by atoms with E-state index in [1.165, 1.54) is 29.6 Å². The summed E-state index contributed by atoms with van der Waals surface area (Å²) < 4.78 is 111. The quantitative estimate of drug-likeness (QED) is 0.249. The van der Waals surface area contributed by atoms with Gasteiger partial charge in [0.25, 0.3) is 0 Å². The lowest BCUT2D eigenvalue weighted by molar-refractivity contribution is -0.192. The molecule has 0 radical (unpaired) electrons. The number of halogens is 6. The predicted octanol–water partition coefficient (Wildman–Crippen LogP) is 4.28. The fourth-order valence-electron chi connectivity index (χ4n) is 5.20. The third-order valence-corrected chi connectivity index (χ3v) is 9.36. The minimum Gasteiger partial charge on any atom is -0.495 e. The van der Waals surface area contributed by atoms with Crippen molar-refractivity contribution < 1.29 is 54.1 Å². The molecule has 2 aromatic heterocycles. The molecule has 2 aliphatic heterocycles. The first-order valence-electron chi connectivity index (χ1n) is 14.3. The monoisotopic (exact) mass is 697 g/mol. The van der Waals surface area contributed by atoms with E-state index in [0.717, 1.165) is 32.1 Å². The van der Waals surface area contributed by atoms with Crippen LogP contribution in [0.1, 0.15) is 25.3 Å². The lowest BCUT2D eigenvalue weighted by atomic mass is 10.0. The topological polar surface area (TPSA) is 162 Å². The average molecular weight is 698 g/mol. The summed E-state index contributed by atoms with van der Waals surface area (Å²) in [6.45, 7) is 6.06. The molecular weight excluding hydrogens is 664 g/mol. The van der Waals surface area contributed by atoms with E-state index in [1.54, 1.807) is 6.92 Å². The zero-order valence-corrected chi connectivity index (χ0v) is 26.0. The van der Waals surface area contributed by atoms with E-state index < -0.39 is 33.9 Å². The summed E-state index contributed by atoms with van der Waals surface area (Å²) in [5.74, 6) is -2.51. The Morgan fingerprint density at radius 1 is 1.11 bits per heavy atom. The van der Waals surface area contributed by atoms with Gasteiger partial charge >= 0.3 is 18.3 Å². The Labute approximate surface area is 265 Å². The molecule has 4 heterocycles. The number of carboxylic acids is 1. The van der Waals surface area contributed by atoms with Gasteiger partial charge in [0, 0.05) is 51.0 Å². The molecule has 5 rings (SSSR count). The van der Waals surface area contributed by atoms with Crippen molar-refractivity contribution in [2.45, 2.75) is 43.1 Å². The van der Waals surface area contributed by atoms with Crippen LogP contribution in [0.2, 0.25) is 0 Å². The summed E-state index contributed by atoms with van der Waals surface area (Å²) in [4.78, 5) is 22.4. The molecule has 2 aliphatic rings. The lowest BCUT2D eigenvalue weighted by Gasteiger charge is -2.39. The highest BCUT2D eigenvalue weighted by molar-refractivity contribution is 7.89. The van der Waals surface area contributed by atoms with Gasteiger partial charge in [0.05, 0.1) is 41.9 Å². The van der Waals surface area contributed by atoms with Crippen molar-refractivity contribution in [3.63, 3.8) is 0 Å². The number of aromatic nitrogens is 3. The Morgan fingerprint density at radius 3 is 2.30 bits per heavy atom. The second-order valence-corrected chi connectivity index (χ2v) is 12.4. The molecule has 0 saturated carbocycles. The highest BCUT2D eigenvalue weighted by Gasteiger charge is 2.38. The number of hydrogen-bond donors (Lipinski definition) is 4. The van der Waals surface area contributed by atoms with Crippen LogP contribution in [0.5, 0.6) is 5.75 Å². The molecule has 0 spiro atoms. The largest absolute Gasteiger partial charge is 0.495 e. The minimum absolute atomic E-state index is 0.000536. The number of methoxy groups -OCH3 is 1. The number of nitrogens with one attached hydrogen (secondary N) is 3. The fraction of sp³-hybridized carbons (Fsp3) is 0.519. The maximum atomic E-state index is 13.5. The number of rotatable bonds is 8. The molecular formula is C27H33F6N7O6S. The fourth-order valence-corrected chi connectivity index (χ4v) is 6.69. The van der Waals surface area contributed by atoms with Crippen LogP contribution in [0.3, 0.4) is 0 Å². The molecule has 47 heavy (non-hydrogen) atoms. The van der Waals surface area contributed by atoms with Crippen LogP contribution in [0.15, 0.2) is 29.3 Å². The zero-order chi connectivity index (χ0) is 34.6. The van der Waals surface area contributed by atoms with Gasteiger partial charge in [-0.25, -0.2) is 13.2 Å². The molecule has 3 aromatic rings. The minimum atomic E-state index is -5.08. The van der Waals surface area contributed by atoms with Gasteiger partial charge in [-0.3, -0.25) is 4.90 Å². The maximum absolute atomic E-state index is 13.5. The van der Waals surface area contributed by atoms with Crippen LogP contribution >= 0.6 is 0 Å². The Hall–Kier alpha value is -3.88. The number of piperidine rings is 1. The van der Waals surface area contributed by atoms with Gasteiger partial charge in [-0.05, 0) is 31.9 Å².